The maximum atomic E-state index is 5.12. The van der Waals surface area contributed by atoms with Crippen LogP contribution in [0.5, 0.6) is 5.88 Å². The van der Waals surface area contributed by atoms with Crippen molar-refractivity contribution in [1.82, 2.24) is 10.3 Å². The molecule has 0 radical (unpaired) electrons. The maximum absolute atomic E-state index is 5.12. The predicted molar refractivity (Wildman–Crippen MR) is 77.2 cm³/mol. The summed E-state index contributed by atoms with van der Waals surface area (Å²) in [7, 11) is 1.63. The van der Waals surface area contributed by atoms with E-state index in [4.69, 9.17) is 4.74 Å². The molecular weight excluding hydrogens is 236 g/mol. The number of ether oxygens (including phenoxy) is 1. The first kappa shape index (κ1) is 13.6. The Balaban J connectivity index is 1.96. The molecule has 1 heterocycles. The Morgan fingerprint density at radius 2 is 1.89 bits per heavy atom. The van der Waals surface area contributed by atoms with Gasteiger partial charge in [0, 0.05) is 18.7 Å². The molecule has 2 rings (SSSR count). The lowest BCUT2D eigenvalue weighted by Crippen LogP contribution is -2.18. The molecule has 3 heteroatoms. The predicted octanol–water partition coefficient (Wildman–Crippen LogP) is 3.25. The van der Waals surface area contributed by atoms with Crippen molar-refractivity contribution >= 4 is 0 Å². The van der Waals surface area contributed by atoms with Crippen LogP contribution in [-0.2, 0) is 6.54 Å². The molecule has 100 valence electrons. The molecule has 0 saturated heterocycles. The first-order chi connectivity index (χ1) is 9.19. The van der Waals surface area contributed by atoms with Gasteiger partial charge in [0.2, 0.25) is 5.88 Å². The van der Waals surface area contributed by atoms with Gasteiger partial charge in [0.25, 0.3) is 0 Å². The summed E-state index contributed by atoms with van der Waals surface area (Å²) in [5, 5.41) is 3.47. The third-order valence-corrected chi connectivity index (χ3v) is 3.16. The summed E-state index contributed by atoms with van der Waals surface area (Å²) in [5.41, 5.74) is 3.55. The van der Waals surface area contributed by atoms with E-state index in [1.54, 1.807) is 7.11 Å². The zero-order chi connectivity index (χ0) is 13.7. The average molecular weight is 256 g/mol. The Bertz CT molecular complexity index is 523. The van der Waals surface area contributed by atoms with Crippen molar-refractivity contribution in [2.75, 3.05) is 7.11 Å². The van der Waals surface area contributed by atoms with Crippen LogP contribution < -0.4 is 10.1 Å². The van der Waals surface area contributed by atoms with E-state index in [0.29, 0.717) is 11.9 Å². The van der Waals surface area contributed by atoms with Gasteiger partial charge < -0.3 is 10.1 Å². The Morgan fingerprint density at radius 3 is 2.58 bits per heavy atom. The number of hydrogen-bond acceptors (Lipinski definition) is 3. The molecular formula is C16H20N2O. The molecule has 19 heavy (non-hydrogen) atoms. The molecule has 0 saturated carbocycles. The van der Waals surface area contributed by atoms with Crippen molar-refractivity contribution in [3.05, 3.63) is 59.3 Å². The lowest BCUT2D eigenvalue weighted by atomic mass is 10.1. The van der Waals surface area contributed by atoms with Crippen molar-refractivity contribution < 1.29 is 4.74 Å². The Labute approximate surface area is 114 Å². The van der Waals surface area contributed by atoms with E-state index >= 15 is 0 Å². The Morgan fingerprint density at radius 1 is 1.16 bits per heavy atom. The molecule has 2 aromatic rings. The molecule has 0 aliphatic heterocycles. The number of pyridine rings is 1. The van der Waals surface area contributed by atoms with E-state index in [0.717, 1.165) is 12.2 Å². The van der Waals surface area contributed by atoms with E-state index in [1.165, 1.54) is 11.1 Å². The highest BCUT2D eigenvalue weighted by Gasteiger charge is 2.05. The van der Waals surface area contributed by atoms with E-state index in [9.17, 15) is 0 Å². The summed E-state index contributed by atoms with van der Waals surface area (Å²) in [6.45, 7) is 4.99. The van der Waals surface area contributed by atoms with Gasteiger partial charge in [-0.05, 0) is 25.5 Å². The van der Waals surface area contributed by atoms with Crippen LogP contribution in [0.2, 0.25) is 0 Å². The van der Waals surface area contributed by atoms with Gasteiger partial charge in [-0.25, -0.2) is 4.98 Å². The highest BCUT2D eigenvalue weighted by molar-refractivity contribution is 5.24. The summed E-state index contributed by atoms with van der Waals surface area (Å²) in [6.07, 6.45) is 0. The van der Waals surface area contributed by atoms with Crippen LogP contribution >= 0.6 is 0 Å². The molecule has 1 atom stereocenters. The van der Waals surface area contributed by atoms with Crippen LogP contribution in [0.25, 0.3) is 0 Å². The summed E-state index contributed by atoms with van der Waals surface area (Å²) in [6, 6.07) is 14.7. The minimum atomic E-state index is 0.300. The van der Waals surface area contributed by atoms with Crippen molar-refractivity contribution in [1.29, 1.82) is 0 Å². The number of nitrogens with zero attached hydrogens (tertiary/aromatic N) is 1. The van der Waals surface area contributed by atoms with Crippen LogP contribution in [0, 0.1) is 6.92 Å². The molecule has 0 spiro atoms. The molecule has 0 fully saturated rings. The fraction of sp³-hybridized carbons (Fsp3) is 0.312. The summed E-state index contributed by atoms with van der Waals surface area (Å²) >= 11 is 0. The van der Waals surface area contributed by atoms with Gasteiger partial charge >= 0.3 is 0 Å². The first-order valence-corrected chi connectivity index (χ1v) is 6.49. The van der Waals surface area contributed by atoms with E-state index in [-0.39, 0.29) is 0 Å². The molecule has 0 aliphatic carbocycles. The highest BCUT2D eigenvalue weighted by Crippen LogP contribution is 2.14. The molecule has 3 nitrogen and oxygen atoms in total. The summed E-state index contributed by atoms with van der Waals surface area (Å²) in [5.74, 6) is 0.655. The van der Waals surface area contributed by atoms with Gasteiger partial charge in [0.1, 0.15) is 0 Å². The molecule has 1 unspecified atom stereocenters. The van der Waals surface area contributed by atoms with Crippen LogP contribution in [0.3, 0.4) is 0 Å². The van der Waals surface area contributed by atoms with Gasteiger partial charge in [-0.3, -0.25) is 0 Å². The molecule has 1 aromatic carbocycles. The maximum Gasteiger partial charge on any atom is 0.213 e. The Kier molecular flexibility index (Phi) is 4.53. The lowest BCUT2D eigenvalue weighted by molar-refractivity contribution is 0.395. The normalized spacial score (nSPS) is 12.2. The second-order valence-corrected chi connectivity index (χ2v) is 4.68. The van der Waals surface area contributed by atoms with Crippen LogP contribution in [0.4, 0.5) is 0 Å². The first-order valence-electron chi connectivity index (χ1n) is 6.49. The topological polar surface area (TPSA) is 34.1 Å². The van der Waals surface area contributed by atoms with Gasteiger partial charge in [0.05, 0.1) is 12.8 Å². The van der Waals surface area contributed by atoms with Crippen LogP contribution in [0.1, 0.15) is 29.8 Å². The third-order valence-electron chi connectivity index (χ3n) is 3.16. The van der Waals surface area contributed by atoms with Gasteiger partial charge in [0.15, 0.2) is 0 Å². The van der Waals surface area contributed by atoms with Gasteiger partial charge in [-0.1, -0.05) is 35.9 Å². The zero-order valence-electron chi connectivity index (χ0n) is 11.7. The van der Waals surface area contributed by atoms with E-state index in [1.807, 2.05) is 18.2 Å². The van der Waals surface area contributed by atoms with Crippen molar-refractivity contribution in [2.24, 2.45) is 0 Å². The fourth-order valence-corrected chi connectivity index (χ4v) is 1.90. The van der Waals surface area contributed by atoms with Crippen LogP contribution in [0.15, 0.2) is 42.5 Å². The minimum absolute atomic E-state index is 0.300. The second-order valence-electron chi connectivity index (χ2n) is 4.68. The summed E-state index contributed by atoms with van der Waals surface area (Å²) in [4.78, 5) is 4.39. The average Bonchev–Trinajstić information content (AvgIpc) is 2.46. The second kappa shape index (κ2) is 6.34. The highest BCUT2D eigenvalue weighted by atomic mass is 16.5. The van der Waals surface area contributed by atoms with Crippen molar-refractivity contribution in [3.8, 4) is 5.88 Å². The number of rotatable bonds is 5. The minimum Gasteiger partial charge on any atom is -0.481 e. The number of aromatic nitrogens is 1. The van der Waals surface area contributed by atoms with E-state index < -0.39 is 0 Å². The molecule has 0 bridgehead atoms. The zero-order valence-corrected chi connectivity index (χ0v) is 11.7. The molecule has 1 aromatic heterocycles. The number of benzene rings is 1. The standard InChI is InChI=1S/C16H20N2O/c1-12-7-9-14(10-8-12)13(2)17-11-15-5-4-6-16(18-15)19-3/h4-10,13,17H,11H2,1-3H3. The number of methoxy groups -OCH3 is 1. The molecule has 0 aliphatic rings. The van der Waals surface area contributed by atoms with E-state index in [2.05, 4.69) is 48.4 Å². The largest absolute Gasteiger partial charge is 0.481 e. The molecule has 0 amide bonds. The lowest BCUT2D eigenvalue weighted by Gasteiger charge is -2.14. The van der Waals surface area contributed by atoms with Gasteiger partial charge in [-0.15, -0.1) is 0 Å². The number of aryl methyl sites for hydroxylation is 1. The smallest absolute Gasteiger partial charge is 0.213 e. The fourth-order valence-electron chi connectivity index (χ4n) is 1.90. The number of nitrogens with one attached hydrogen (secondary N) is 1. The summed E-state index contributed by atoms with van der Waals surface area (Å²) < 4.78 is 5.12. The monoisotopic (exact) mass is 256 g/mol. The van der Waals surface area contributed by atoms with Crippen molar-refractivity contribution in [2.45, 2.75) is 26.4 Å². The van der Waals surface area contributed by atoms with Crippen molar-refractivity contribution in [3.63, 3.8) is 0 Å². The van der Waals surface area contributed by atoms with Crippen LogP contribution in [-0.4, -0.2) is 12.1 Å². The Hall–Kier alpha value is -1.87. The molecule has 1 N–H and O–H groups in total. The quantitative estimate of drug-likeness (QED) is 0.891. The van der Waals surface area contributed by atoms with Gasteiger partial charge in [-0.2, -0.15) is 0 Å². The number of hydrogen-bond donors (Lipinski definition) is 1. The third kappa shape index (κ3) is 3.80. The SMILES string of the molecule is COc1cccc(CNC(C)c2ccc(C)cc2)n1.